The molecule has 1 saturated heterocycles. The van der Waals surface area contributed by atoms with Gasteiger partial charge in [0.15, 0.2) is 0 Å². The summed E-state index contributed by atoms with van der Waals surface area (Å²) in [6.07, 6.45) is 0. The summed E-state index contributed by atoms with van der Waals surface area (Å²) >= 11 is 1.42. The van der Waals surface area contributed by atoms with E-state index in [-0.39, 0.29) is 24.9 Å². The summed E-state index contributed by atoms with van der Waals surface area (Å²) in [5, 5.41) is 8.87. The van der Waals surface area contributed by atoms with E-state index in [2.05, 4.69) is 0 Å². The summed E-state index contributed by atoms with van der Waals surface area (Å²) in [4.78, 5) is 13.5. The number of likely N-dealkylation sites (N-methyl/N-ethyl adjacent to an activating group) is 1. The summed E-state index contributed by atoms with van der Waals surface area (Å²) < 4.78 is 27.9. The number of rotatable bonds is 6. The number of carbonyl (C=O) groups excluding carboxylic acids is 1. The highest BCUT2D eigenvalue weighted by Crippen LogP contribution is 2.27. The van der Waals surface area contributed by atoms with Gasteiger partial charge in [0, 0.05) is 32.9 Å². The molecule has 21 heavy (non-hydrogen) atoms. The molecule has 0 radical (unpaired) electrons. The van der Waals surface area contributed by atoms with E-state index >= 15 is 0 Å². The fourth-order valence-electron chi connectivity index (χ4n) is 2.03. The molecule has 1 aliphatic rings. The van der Waals surface area contributed by atoms with Crippen molar-refractivity contribution in [2.24, 2.45) is 5.92 Å². The molecule has 0 bridgehead atoms. The molecule has 0 saturated carbocycles. The Morgan fingerprint density at radius 2 is 2.14 bits per heavy atom. The van der Waals surface area contributed by atoms with Gasteiger partial charge in [-0.05, 0) is 6.92 Å². The third kappa shape index (κ3) is 4.10. The molecule has 1 rings (SSSR count). The monoisotopic (exact) mass is 334 g/mol. The fourth-order valence-corrected chi connectivity index (χ4v) is 5.41. The molecular weight excluding hydrogens is 312 g/mol. The number of amides is 1. The third-order valence-electron chi connectivity index (χ3n) is 3.24. The van der Waals surface area contributed by atoms with E-state index in [9.17, 15) is 13.2 Å². The van der Waals surface area contributed by atoms with Crippen LogP contribution in [0.5, 0.6) is 0 Å². The summed E-state index contributed by atoms with van der Waals surface area (Å²) in [7, 11) is -0.503. The van der Waals surface area contributed by atoms with Gasteiger partial charge in [-0.25, -0.2) is 0 Å². The highest BCUT2D eigenvalue weighted by Gasteiger charge is 2.42. The number of nitriles is 1. The first-order valence-corrected chi connectivity index (χ1v) is 9.26. The van der Waals surface area contributed by atoms with Crippen LogP contribution in [0, 0.1) is 17.2 Å². The Bertz CT molecular complexity index is 515. The van der Waals surface area contributed by atoms with E-state index < -0.39 is 22.2 Å². The average Bonchev–Trinajstić information content (AvgIpc) is 2.93. The zero-order valence-corrected chi connectivity index (χ0v) is 14.4. The minimum Gasteiger partial charge on any atom is -0.347 e. The minimum atomic E-state index is -3.74. The van der Waals surface area contributed by atoms with E-state index in [0.29, 0.717) is 5.75 Å². The van der Waals surface area contributed by atoms with Crippen molar-refractivity contribution in [1.29, 1.82) is 5.26 Å². The van der Waals surface area contributed by atoms with E-state index in [4.69, 9.17) is 5.26 Å². The standard InChI is InChI=1S/C12H22N4O3S2/c1-5-15(7-10(2)6-13)21(18,19)16-9-20-8-11(16)12(17)14(3)4/h10-11H,5,7-9H2,1-4H3. The molecule has 0 aromatic heterocycles. The van der Waals surface area contributed by atoms with Gasteiger partial charge in [0.05, 0.1) is 17.9 Å². The molecule has 2 atom stereocenters. The smallest absolute Gasteiger partial charge is 0.283 e. The molecule has 0 aliphatic carbocycles. The van der Waals surface area contributed by atoms with E-state index in [1.165, 1.54) is 25.3 Å². The van der Waals surface area contributed by atoms with Crippen LogP contribution >= 0.6 is 11.8 Å². The van der Waals surface area contributed by atoms with Crippen LogP contribution in [0.4, 0.5) is 0 Å². The highest BCUT2D eigenvalue weighted by atomic mass is 32.2. The van der Waals surface area contributed by atoms with Gasteiger partial charge in [0.2, 0.25) is 5.91 Å². The molecule has 0 aromatic carbocycles. The van der Waals surface area contributed by atoms with Crippen LogP contribution in [0.2, 0.25) is 0 Å². The van der Waals surface area contributed by atoms with Gasteiger partial charge in [-0.15, -0.1) is 11.8 Å². The predicted octanol–water partition coefficient (Wildman–Crippen LogP) is 0.176. The third-order valence-corrected chi connectivity index (χ3v) is 6.45. The van der Waals surface area contributed by atoms with Crippen molar-refractivity contribution < 1.29 is 13.2 Å². The molecule has 9 heteroatoms. The first kappa shape index (κ1) is 18.2. The molecular formula is C12H22N4O3S2. The second-order valence-corrected chi connectivity index (χ2v) is 8.00. The summed E-state index contributed by atoms with van der Waals surface area (Å²) in [6.45, 7) is 3.82. The van der Waals surface area contributed by atoms with Crippen LogP contribution < -0.4 is 0 Å². The molecule has 1 aliphatic heterocycles. The number of thioether (sulfide) groups is 1. The van der Waals surface area contributed by atoms with E-state index in [0.717, 1.165) is 0 Å². The maximum atomic E-state index is 12.7. The lowest BCUT2D eigenvalue weighted by Gasteiger charge is -2.30. The number of hydrogen-bond donors (Lipinski definition) is 0. The summed E-state index contributed by atoms with van der Waals surface area (Å²) in [5.41, 5.74) is 0. The van der Waals surface area contributed by atoms with Crippen LogP contribution in [0.15, 0.2) is 0 Å². The average molecular weight is 334 g/mol. The molecule has 0 N–H and O–H groups in total. The molecule has 1 fully saturated rings. The molecule has 7 nitrogen and oxygen atoms in total. The second-order valence-electron chi connectivity index (χ2n) is 5.12. The molecule has 1 heterocycles. The lowest BCUT2D eigenvalue weighted by Crippen LogP contribution is -2.52. The van der Waals surface area contributed by atoms with Crippen LogP contribution in [-0.2, 0) is 15.0 Å². The van der Waals surface area contributed by atoms with Gasteiger partial charge in [-0.3, -0.25) is 4.79 Å². The lowest BCUT2D eigenvalue weighted by atomic mass is 10.2. The van der Waals surface area contributed by atoms with Crippen molar-refractivity contribution in [3.8, 4) is 6.07 Å². The van der Waals surface area contributed by atoms with Crippen LogP contribution in [0.25, 0.3) is 0 Å². The second kappa shape index (κ2) is 7.45. The first-order valence-electron chi connectivity index (χ1n) is 6.71. The van der Waals surface area contributed by atoms with E-state index in [1.54, 1.807) is 27.9 Å². The SMILES string of the molecule is CCN(CC(C)C#N)S(=O)(=O)N1CSCC1C(=O)N(C)C. The van der Waals surface area contributed by atoms with Gasteiger partial charge in [-0.1, -0.05) is 6.92 Å². The van der Waals surface area contributed by atoms with Crippen molar-refractivity contribution in [2.75, 3.05) is 38.8 Å². The van der Waals surface area contributed by atoms with Crippen molar-refractivity contribution >= 4 is 27.9 Å². The Labute approximate surface area is 131 Å². The van der Waals surface area contributed by atoms with Crippen LogP contribution in [0.1, 0.15) is 13.8 Å². The van der Waals surface area contributed by atoms with Gasteiger partial charge < -0.3 is 4.90 Å². The van der Waals surface area contributed by atoms with Gasteiger partial charge in [0.25, 0.3) is 10.2 Å². The van der Waals surface area contributed by atoms with Crippen LogP contribution in [-0.4, -0.2) is 72.7 Å². The number of nitrogens with zero attached hydrogens (tertiary/aromatic N) is 4. The van der Waals surface area contributed by atoms with Crippen molar-refractivity contribution in [3.63, 3.8) is 0 Å². The number of hydrogen-bond acceptors (Lipinski definition) is 5. The molecule has 1 amide bonds. The van der Waals surface area contributed by atoms with E-state index in [1.807, 2.05) is 6.07 Å². The molecule has 0 aromatic rings. The normalized spacial score (nSPS) is 21.2. The summed E-state index contributed by atoms with van der Waals surface area (Å²) in [6, 6.07) is 1.37. The maximum absolute atomic E-state index is 12.7. The molecule has 0 spiro atoms. The zero-order valence-electron chi connectivity index (χ0n) is 12.8. The maximum Gasteiger partial charge on any atom is 0.283 e. The Hall–Kier alpha value is -0.820. The fraction of sp³-hybridized carbons (Fsp3) is 0.833. The quantitative estimate of drug-likeness (QED) is 0.691. The van der Waals surface area contributed by atoms with Crippen molar-refractivity contribution in [3.05, 3.63) is 0 Å². The largest absolute Gasteiger partial charge is 0.347 e. The Morgan fingerprint density at radius 1 is 1.52 bits per heavy atom. The lowest BCUT2D eigenvalue weighted by molar-refractivity contribution is -0.131. The zero-order chi connectivity index (χ0) is 16.2. The van der Waals surface area contributed by atoms with Crippen molar-refractivity contribution in [1.82, 2.24) is 13.5 Å². The van der Waals surface area contributed by atoms with Gasteiger partial charge in [-0.2, -0.15) is 22.3 Å². The number of carbonyl (C=O) groups is 1. The molecule has 2 unspecified atom stereocenters. The first-order chi connectivity index (χ1) is 9.75. The Balaban J connectivity index is 2.99. The minimum absolute atomic E-state index is 0.138. The van der Waals surface area contributed by atoms with Gasteiger partial charge in [0.1, 0.15) is 6.04 Å². The Morgan fingerprint density at radius 3 is 2.62 bits per heavy atom. The Kier molecular flexibility index (Phi) is 6.46. The highest BCUT2D eigenvalue weighted by molar-refractivity contribution is 8.00. The molecule has 120 valence electrons. The van der Waals surface area contributed by atoms with Crippen LogP contribution in [0.3, 0.4) is 0 Å². The predicted molar refractivity (Wildman–Crippen MR) is 82.6 cm³/mol. The topological polar surface area (TPSA) is 84.7 Å². The van der Waals surface area contributed by atoms with Gasteiger partial charge >= 0.3 is 0 Å². The van der Waals surface area contributed by atoms with Crippen molar-refractivity contribution in [2.45, 2.75) is 19.9 Å². The summed E-state index contributed by atoms with van der Waals surface area (Å²) in [5.74, 6) is 0.122.